The zero-order chi connectivity index (χ0) is 13.4. The first-order valence-electron chi connectivity index (χ1n) is 5.75. The quantitative estimate of drug-likeness (QED) is 0.676. The number of hydrogen-bond donors (Lipinski definition) is 0. The van der Waals surface area contributed by atoms with Crippen molar-refractivity contribution in [3.63, 3.8) is 0 Å². The Hall–Kier alpha value is -2.01. The average molecular weight is 277 g/mol. The fourth-order valence-electron chi connectivity index (χ4n) is 2.06. The van der Waals surface area contributed by atoms with Crippen molar-refractivity contribution in [1.29, 1.82) is 0 Å². The monoisotopic (exact) mass is 276 g/mol. The zero-order valence-electron chi connectivity index (χ0n) is 10.1. The van der Waals surface area contributed by atoms with Crippen molar-refractivity contribution in [1.82, 2.24) is 19.6 Å². The van der Waals surface area contributed by atoms with E-state index in [4.69, 9.17) is 11.6 Å². The molecule has 0 unspecified atom stereocenters. The van der Waals surface area contributed by atoms with E-state index in [0.717, 1.165) is 5.56 Å². The molecule has 6 heteroatoms. The van der Waals surface area contributed by atoms with E-state index in [2.05, 4.69) is 15.2 Å². The minimum atomic E-state index is -0.260. The minimum absolute atomic E-state index is 0.260. The molecular weight excluding hydrogens is 267 g/mol. The van der Waals surface area contributed by atoms with Crippen molar-refractivity contribution < 1.29 is 4.39 Å². The molecule has 0 fully saturated rings. The smallest absolute Gasteiger partial charge is 0.165 e. The van der Waals surface area contributed by atoms with Crippen molar-refractivity contribution in [2.45, 2.75) is 13.3 Å². The van der Waals surface area contributed by atoms with Crippen LogP contribution in [-0.2, 0) is 6.42 Å². The molecule has 0 amide bonds. The normalized spacial score (nSPS) is 11.1. The molecule has 0 saturated heterocycles. The molecule has 96 valence electrons. The topological polar surface area (TPSA) is 43.1 Å². The van der Waals surface area contributed by atoms with Crippen LogP contribution in [0, 0.1) is 12.7 Å². The van der Waals surface area contributed by atoms with Crippen LogP contribution in [0.5, 0.6) is 0 Å². The van der Waals surface area contributed by atoms with Gasteiger partial charge >= 0.3 is 0 Å². The number of nitrogens with zero attached hydrogens (tertiary/aromatic N) is 4. The molecule has 1 aromatic carbocycles. The molecule has 0 atom stereocenters. The maximum absolute atomic E-state index is 13.2. The number of aromatic nitrogens is 4. The van der Waals surface area contributed by atoms with Gasteiger partial charge in [-0.05, 0) is 24.6 Å². The van der Waals surface area contributed by atoms with Gasteiger partial charge in [0.15, 0.2) is 5.65 Å². The van der Waals surface area contributed by atoms with Crippen molar-refractivity contribution >= 4 is 17.2 Å². The summed E-state index contributed by atoms with van der Waals surface area (Å²) in [7, 11) is 0. The summed E-state index contributed by atoms with van der Waals surface area (Å²) in [6, 6.07) is 8.08. The molecule has 0 bridgehead atoms. The largest absolute Gasteiger partial charge is 0.266 e. The Morgan fingerprint density at radius 1 is 1.26 bits per heavy atom. The van der Waals surface area contributed by atoms with Crippen LogP contribution in [0.3, 0.4) is 0 Å². The molecule has 0 saturated carbocycles. The molecule has 0 aliphatic heterocycles. The lowest BCUT2D eigenvalue weighted by Gasteiger charge is -2.04. The lowest BCUT2D eigenvalue weighted by Crippen LogP contribution is -2.02. The lowest BCUT2D eigenvalue weighted by molar-refractivity contribution is 0.625. The molecule has 0 radical (unpaired) electrons. The van der Waals surface area contributed by atoms with Gasteiger partial charge in [0.25, 0.3) is 0 Å². The molecular formula is C13H10ClFN4. The highest BCUT2D eigenvalue weighted by Gasteiger charge is 2.10. The van der Waals surface area contributed by atoms with Gasteiger partial charge in [-0.3, -0.25) is 4.40 Å². The SMILES string of the molecule is Cc1nc(Cl)cc2nnc(Cc3cccc(F)c3)n12. The summed E-state index contributed by atoms with van der Waals surface area (Å²) >= 11 is 5.87. The van der Waals surface area contributed by atoms with E-state index in [1.54, 1.807) is 12.1 Å². The van der Waals surface area contributed by atoms with Crippen LogP contribution in [0.15, 0.2) is 30.3 Å². The summed E-state index contributed by atoms with van der Waals surface area (Å²) in [5.41, 5.74) is 1.48. The summed E-state index contributed by atoms with van der Waals surface area (Å²) in [6.45, 7) is 1.83. The van der Waals surface area contributed by atoms with Crippen LogP contribution in [0.25, 0.3) is 5.65 Å². The number of rotatable bonds is 2. The van der Waals surface area contributed by atoms with Crippen molar-refractivity contribution in [2.75, 3.05) is 0 Å². The first-order chi connectivity index (χ1) is 9.13. The van der Waals surface area contributed by atoms with Crippen LogP contribution in [-0.4, -0.2) is 19.6 Å². The molecule has 4 nitrogen and oxygen atoms in total. The fourth-order valence-corrected chi connectivity index (χ4v) is 2.28. The van der Waals surface area contributed by atoms with Crippen LogP contribution >= 0.6 is 11.6 Å². The van der Waals surface area contributed by atoms with Gasteiger partial charge in [-0.2, -0.15) is 0 Å². The summed E-state index contributed by atoms with van der Waals surface area (Å²) in [4.78, 5) is 4.17. The first kappa shape index (κ1) is 12.0. The Morgan fingerprint density at radius 2 is 2.11 bits per heavy atom. The van der Waals surface area contributed by atoms with Crippen molar-refractivity contribution in [2.24, 2.45) is 0 Å². The summed E-state index contributed by atoms with van der Waals surface area (Å²) in [6.07, 6.45) is 0.489. The molecule has 2 aromatic heterocycles. The number of hydrogen-bond acceptors (Lipinski definition) is 3. The van der Waals surface area contributed by atoms with Gasteiger partial charge < -0.3 is 0 Å². The van der Waals surface area contributed by atoms with Crippen LogP contribution in [0.4, 0.5) is 4.39 Å². The van der Waals surface area contributed by atoms with Gasteiger partial charge in [0.1, 0.15) is 22.6 Å². The Balaban J connectivity index is 2.06. The highest BCUT2D eigenvalue weighted by molar-refractivity contribution is 6.29. The highest BCUT2D eigenvalue weighted by Crippen LogP contribution is 2.15. The van der Waals surface area contributed by atoms with Gasteiger partial charge in [-0.15, -0.1) is 10.2 Å². The number of fused-ring (bicyclic) bond motifs is 1. The Labute approximate surface area is 113 Å². The fraction of sp³-hybridized carbons (Fsp3) is 0.154. The Morgan fingerprint density at radius 3 is 2.89 bits per heavy atom. The van der Waals surface area contributed by atoms with E-state index in [9.17, 15) is 4.39 Å². The summed E-state index contributed by atoms with van der Waals surface area (Å²) < 4.78 is 15.0. The molecule has 0 N–H and O–H groups in total. The van der Waals surface area contributed by atoms with E-state index in [-0.39, 0.29) is 5.82 Å². The van der Waals surface area contributed by atoms with E-state index >= 15 is 0 Å². The highest BCUT2D eigenvalue weighted by atomic mass is 35.5. The van der Waals surface area contributed by atoms with Crippen molar-refractivity contribution in [3.05, 3.63) is 58.5 Å². The second-order valence-corrected chi connectivity index (χ2v) is 4.63. The van der Waals surface area contributed by atoms with E-state index in [1.807, 2.05) is 17.4 Å². The lowest BCUT2D eigenvalue weighted by atomic mass is 10.1. The first-order valence-corrected chi connectivity index (χ1v) is 6.13. The van der Waals surface area contributed by atoms with Crippen LogP contribution in [0.1, 0.15) is 17.2 Å². The number of aryl methyl sites for hydroxylation is 1. The van der Waals surface area contributed by atoms with E-state index in [0.29, 0.717) is 28.9 Å². The van der Waals surface area contributed by atoms with Crippen molar-refractivity contribution in [3.8, 4) is 0 Å². The Kier molecular flexibility index (Phi) is 2.91. The molecule has 0 spiro atoms. The Bertz CT molecular complexity index is 753. The third-order valence-corrected chi connectivity index (χ3v) is 3.04. The zero-order valence-corrected chi connectivity index (χ0v) is 10.9. The molecule has 0 aliphatic rings. The van der Waals surface area contributed by atoms with Gasteiger partial charge in [0, 0.05) is 12.5 Å². The third-order valence-electron chi connectivity index (χ3n) is 2.85. The van der Waals surface area contributed by atoms with E-state index in [1.165, 1.54) is 12.1 Å². The molecule has 19 heavy (non-hydrogen) atoms. The molecule has 3 rings (SSSR count). The predicted octanol–water partition coefficient (Wildman–Crippen LogP) is 2.82. The van der Waals surface area contributed by atoms with Crippen LogP contribution < -0.4 is 0 Å². The minimum Gasteiger partial charge on any atom is -0.266 e. The van der Waals surface area contributed by atoms with Gasteiger partial charge in [0.05, 0.1) is 0 Å². The maximum Gasteiger partial charge on any atom is 0.165 e. The van der Waals surface area contributed by atoms with Crippen LogP contribution in [0.2, 0.25) is 5.15 Å². The molecule has 2 heterocycles. The maximum atomic E-state index is 13.2. The standard InChI is InChI=1S/C13H10ClFN4/c1-8-16-11(14)7-13-18-17-12(19(8)13)6-9-3-2-4-10(15)5-9/h2-5,7H,6H2,1H3. The van der Waals surface area contributed by atoms with Gasteiger partial charge in [-0.25, -0.2) is 9.37 Å². The van der Waals surface area contributed by atoms with E-state index < -0.39 is 0 Å². The van der Waals surface area contributed by atoms with Gasteiger partial charge in [0.2, 0.25) is 0 Å². The third kappa shape index (κ3) is 2.29. The molecule has 3 aromatic rings. The number of benzene rings is 1. The number of halogens is 2. The second kappa shape index (κ2) is 4.59. The molecule has 0 aliphatic carbocycles. The summed E-state index contributed by atoms with van der Waals surface area (Å²) in [5.74, 6) is 1.16. The average Bonchev–Trinajstić information content (AvgIpc) is 2.72. The predicted molar refractivity (Wildman–Crippen MR) is 69.7 cm³/mol. The second-order valence-electron chi connectivity index (χ2n) is 4.24. The summed E-state index contributed by atoms with van der Waals surface area (Å²) in [5, 5.41) is 8.55. The van der Waals surface area contributed by atoms with Gasteiger partial charge in [-0.1, -0.05) is 23.7 Å².